The summed E-state index contributed by atoms with van der Waals surface area (Å²) in [6.45, 7) is 2.80. The molecule has 1 heterocycles. The average molecular weight is 502 g/mol. The van der Waals surface area contributed by atoms with Crippen molar-refractivity contribution in [3.05, 3.63) is 59.1 Å². The number of anilines is 1. The predicted molar refractivity (Wildman–Crippen MR) is 126 cm³/mol. The lowest BCUT2D eigenvalue weighted by Crippen LogP contribution is -2.51. The summed E-state index contributed by atoms with van der Waals surface area (Å²) in [5.41, 5.74) is 6.68. The molecule has 33 heavy (non-hydrogen) atoms. The van der Waals surface area contributed by atoms with Crippen LogP contribution in [0.25, 0.3) is 0 Å². The van der Waals surface area contributed by atoms with Crippen molar-refractivity contribution in [2.45, 2.75) is 38.1 Å². The van der Waals surface area contributed by atoms with Crippen molar-refractivity contribution in [2.24, 2.45) is 5.41 Å². The molecule has 10 heteroatoms. The molecule has 1 aliphatic heterocycles. The molecule has 2 atom stereocenters. The van der Waals surface area contributed by atoms with Crippen molar-refractivity contribution in [3.63, 3.8) is 0 Å². The van der Waals surface area contributed by atoms with Crippen LogP contribution in [0, 0.1) is 5.41 Å². The van der Waals surface area contributed by atoms with Crippen molar-refractivity contribution in [2.75, 3.05) is 23.9 Å². The molecular formula is C23H27ClF3N3O2S. The number of hydrazine groups is 1. The Morgan fingerprint density at radius 3 is 2.64 bits per heavy atom. The van der Waals surface area contributed by atoms with E-state index in [4.69, 9.17) is 11.6 Å². The fraction of sp³-hybridized carbons (Fsp3) is 0.435. The zero-order valence-corrected chi connectivity index (χ0v) is 20.0. The Balaban J connectivity index is 1.86. The zero-order chi connectivity index (χ0) is 24.1. The highest BCUT2D eigenvalue weighted by Crippen LogP contribution is 2.48. The Kier molecular flexibility index (Phi) is 8.21. The molecule has 2 aromatic rings. The van der Waals surface area contributed by atoms with Gasteiger partial charge < -0.3 is 10.1 Å². The van der Waals surface area contributed by atoms with Crippen LogP contribution in [-0.4, -0.2) is 30.8 Å². The Labute approximate surface area is 200 Å². The van der Waals surface area contributed by atoms with Crippen molar-refractivity contribution in [1.29, 1.82) is 0 Å². The first-order valence-corrected chi connectivity index (χ1v) is 12.2. The van der Waals surface area contributed by atoms with Crippen LogP contribution in [0.15, 0.2) is 48.5 Å². The summed E-state index contributed by atoms with van der Waals surface area (Å²) in [5.74, 6) is 0.279. The highest BCUT2D eigenvalue weighted by atomic mass is 35.5. The molecule has 2 aromatic carbocycles. The van der Waals surface area contributed by atoms with Crippen molar-refractivity contribution >= 4 is 35.0 Å². The van der Waals surface area contributed by atoms with Crippen LogP contribution >= 0.6 is 23.4 Å². The number of amides is 1. The van der Waals surface area contributed by atoms with Crippen molar-refractivity contribution in [3.8, 4) is 5.75 Å². The van der Waals surface area contributed by atoms with E-state index in [1.165, 1.54) is 18.2 Å². The third-order valence-electron chi connectivity index (χ3n) is 6.00. The number of hydrogen-bond donors (Lipinski definition) is 3. The third-order valence-corrected chi connectivity index (χ3v) is 6.95. The summed E-state index contributed by atoms with van der Waals surface area (Å²) >= 11 is 7.87. The number of rotatable bonds is 9. The van der Waals surface area contributed by atoms with E-state index < -0.39 is 17.7 Å². The van der Waals surface area contributed by atoms with Gasteiger partial charge in [0.25, 0.3) is 0 Å². The predicted octanol–water partition coefficient (Wildman–Crippen LogP) is 5.72. The van der Waals surface area contributed by atoms with Gasteiger partial charge in [-0.25, -0.2) is 5.43 Å². The SMILES string of the molecule is CSCCCC1(C)CNNC1(CC(=O)Nc1cccc(OC(F)(F)F)c1)c1ccc(Cl)cc1. The smallest absolute Gasteiger partial charge is 0.406 e. The molecule has 0 bridgehead atoms. The van der Waals surface area contributed by atoms with Crippen LogP contribution in [-0.2, 0) is 10.3 Å². The molecule has 0 aromatic heterocycles. The molecule has 2 unspecified atom stereocenters. The Hall–Kier alpha value is -1.94. The number of thioether (sulfide) groups is 1. The fourth-order valence-electron chi connectivity index (χ4n) is 4.33. The van der Waals surface area contributed by atoms with Crippen LogP contribution in [0.4, 0.5) is 18.9 Å². The van der Waals surface area contributed by atoms with Crippen molar-refractivity contribution < 1.29 is 22.7 Å². The second kappa shape index (κ2) is 10.5. The minimum Gasteiger partial charge on any atom is -0.406 e. The maximum absolute atomic E-state index is 13.2. The lowest BCUT2D eigenvalue weighted by Gasteiger charge is -2.43. The maximum atomic E-state index is 13.2. The summed E-state index contributed by atoms with van der Waals surface area (Å²) in [6, 6.07) is 12.6. The molecule has 0 aliphatic carbocycles. The molecule has 5 nitrogen and oxygen atoms in total. The van der Waals surface area contributed by atoms with E-state index in [0.29, 0.717) is 11.6 Å². The van der Waals surface area contributed by atoms with Gasteiger partial charge in [-0.3, -0.25) is 10.2 Å². The van der Waals surface area contributed by atoms with Gasteiger partial charge in [0, 0.05) is 28.7 Å². The van der Waals surface area contributed by atoms with Gasteiger partial charge >= 0.3 is 6.36 Å². The van der Waals surface area contributed by atoms with Gasteiger partial charge in [-0.05, 0) is 54.7 Å². The molecule has 1 saturated heterocycles. The van der Waals surface area contributed by atoms with Gasteiger partial charge in [0.2, 0.25) is 5.91 Å². The molecule has 1 amide bonds. The molecule has 0 spiro atoms. The summed E-state index contributed by atoms with van der Waals surface area (Å²) in [6.07, 6.45) is -0.821. The number of nitrogens with one attached hydrogen (secondary N) is 3. The topological polar surface area (TPSA) is 62.4 Å². The molecule has 3 rings (SSSR count). The number of ether oxygens (including phenoxy) is 1. The molecule has 1 fully saturated rings. The molecule has 0 saturated carbocycles. The number of carbonyl (C=O) groups excluding carboxylic acids is 1. The minimum atomic E-state index is -4.81. The molecule has 180 valence electrons. The van der Waals surface area contributed by atoms with Crippen LogP contribution in [0.3, 0.4) is 0 Å². The van der Waals surface area contributed by atoms with Gasteiger partial charge in [0.1, 0.15) is 5.75 Å². The van der Waals surface area contributed by atoms with Gasteiger partial charge in [0.15, 0.2) is 0 Å². The molecular weight excluding hydrogens is 475 g/mol. The first kappa shape index (κ1) is 25.7. The highest BCUT2D eigenvalue weighted by molar-refractivity contribution is 7.98. The van der Waals surface area contributed by atoms with E-state index in [-0.39, 0.29) is 23.4 Å². The summed E-state index contributed by atoms with van der Waals surface area (Å²) in [5, 5.41) is 3.31. The normalized spacial score (nSPS) is 22.8. The molecule has 1 aliphatic rings. The summed E-state index contributed by atoms with van der Waals surface area (Å²) < 4.78 is 41.6. The standard InChI is InChI=1S/C23H27ClF3N3O2S/c1-21(11-4-12-33-2)15-28-30-22(21,16-7-9-17(24)10-8-16)14-20(31)29-18-5-3-6-19(13-18)32-23(25,26)27/h3,5-10,13,28,30H,4,11-12,14-15H2,1-2H3,(H,29,31). The highest BCUT2D eigenvalue weighted by Gasteiger charge is 2.53. The minimum absolute atomic E-state index is 0.0712. The van der Waals surface area contributed by atoms with Gasteiger partial charge in [-0.15, -0.1) is 13.2 Å². The molecule has 3 N–H and O–H groups in total. The van der Waals surface area contributed by atoms with E-state index in [0.717, 1.165) is 30.2 Å². The van der Waals surface area contributed by atoms with Crippen molar-refractivity contribution in [1.82, 2.24) is 10.9 Å². The molecule has 0 radical (unpaired) electrons. The van der Waals surface area contributed by atoms with Crippen LogP contribution < -0.4 is 20.9 Å². The van der Waals surface area contributed by atoms with Gasteiger partial charge in [-0.1, -0.05) is 36.7 Å². The Morgan fingerprint density at radius 1 is 1.24 bits per heavy atom. The quantitative estimate of drug-likeness (QED) is 0.384. The van der Waals surface area contributed by atoms with Gasteiger partial charge in [0.05, 0.1) is 12.0 Å². The monoisotopic (exact) mass is 501 g/mol. The second-order valence-corrected chi connectivity index (χ2v) is 9.77. The number of benzene rings is 2. The first-order valence-electron chi connectivity index (χ1n) is 10.5. The van der Waals surface area contributed by atoms with Crippen LogP contribution in [0.5, 0.6) is 5.75 Å². The van der Waals surface area contributed by atoms with E-state index in [1.54, 1.807) is 23.9 Å². The maximum Gasteiger partial charge on any atom is 0.573 e. The summed E-state index contributed by atoms with van der Waals surface area (Å²) in [7, 11) is 0. The average Bonchev–Trinajstić information content (AvgIpc) is 3.04. The Morgan fingerprint density at radius 2 is 1.97 bits per heavy atom. The van der Waals surface area contributed by atoms with E-state index in [9.17, 15) is 18.0 Å². The lowest BCUT2D eigenvalue weighted by atomic mass is 9.64. The van der Waals surface area contributed by atoms with E-state index in [1.807, 2.05) is 12.1 Å². The lowest BCUT2D eigenvalue weighted by molar-refractivity contribution is -0.274. The van der Waals surface area contributed by atoms with E-state index in [2.05, 4.69) is 34.1 Å². The fourth-order valence-corrected chi connectivity index (χ4v) is 4.89. The zero-order valence-electron chi connectivity index (χ0n) is 18.4. The largest absolute Gasteiger partial charge is 0.573 e. The number of halogens is 4. The summed E-state index contributed by atoms with van der Waals surface area (Å²) in [4.78, 5) is 13.2. The van der Waals surface area contributed by atoms with Crippen LogP contribution in [0.1, 0.15) is 31.7 Å². The Bertz CT molecular complexity index is 961. The van der Waals surface area contributed by atoms with E-state index >= 15 is 0 Å². The number of hydrogen-bond acceptors (Lipinski definition) is 5. The third kappa shape index (κ3) is 6.35. The second-order valence-electron chi connectivity index (χ2n) is 8.35. The number of alkyl halides is 3. The number of carbonyl (C=O) groups is 1. The van der Waals surface area contributed by atoms with Gasteiger partial charge in [-0.2, -0.15) is 11.8 Å². The van der Waals surface area contributed by atoms with Crippen LogP contribution in [0.2, 0.25) is 5.02 Å². The first-order chi connectivity index (χ1) is 15.6.